The molecule has 0 aliphatic heterocycles. The number of hydrogen-bond acceptors (Lipinski definition) is 6. The van der Waals surface area contributed by atoms with Crippen LogP contribution in [0.25, 0.3) is 0 Å². The molecule has 0 spiro atoms. The maximum absolute atomic E-state index is 14.7. The molecule has 30 heavy (non-hydrogen) atoms. The minimum atomic E-state index is -4.85. The summed E-state index contributed by atoms with van der Waals surface area (Å²) in [6.07, 6.45) is -1.86. The molecule has 1 heterocycles. The summed E-state index contributed by atoms with van der Waals surface area (Å²) in [5.41, 5.74) is 1.49. The third-order valence-corrected chi connectivity index (χ3v) is 7.18. The average molecular weight is 539 g/mol. The molecule has 3 aromatic rings. The predicted molar refractivity (Wildman–Crippen MR) is 113 cm³/mol. The minimum absolute atomic E-state index is 0.00111. The zero-order valence-electron chi connectivity index (χ0n) is 14.6. The van der Waals surface area contributed by atoms with Crippen LogP contribution < -0.4 is 9.62 Å². The number of halogens is 4. The van der Waals surface area contributed by atoms with Gasteiger partial charge in [-0.2, -0.15) is 0 Å². The third kappa shape index (κ3) is 4.41. The molecular formula is C17H11BrClF2N3O4S2. The monoisotopic (exact) mass is 537 g/mol. The van der Waals surface area contributed by atoms with E-state index >= 15 is 0 Å². The highest BCUT2D eigenvalue weighted by atomic mass is 79.9. The Balaban J connectivity index is 1.95. The molecule has 0 saturated heterocycles. The van der Waals surface area contributed by atoms with Crippen molar-refractivity contribution in [3.05, 3.63) is 67.9 Å². The van der Waals surface area contributed by atoms with E-state index in [1.165, 1.54) is 23.0 Å². The maximum Gasteiger partial charge on any atom is 0.427 e. The zero-order valence-corrected chi connectivity index (χ0v) is 18.6. The number of benzene rings is 2. The quantitative estimate of drug-likeness (QED) is 0.441. The number of thiazole rings is 1. The molecule has 0 atom stereocenters. The number of nitrogens with zero attached hydrogens (tertiary/aromatic N) is 2. The van der Waals surface area contributed by atoms with Crippen LogP contribution in [-0.2, 0) is 16.6 Å². The average Bonchev–Trinajstić information content (AvgIpc) is 3.16. The zero-order chi connectivity index (χ0) is 22.1. The first kappa shape index (κ1) is 22.4. The van der Waals surface area contributed by atoms with Gasteiger partial charge < -0.3 is 10.4 Å². The second kappa shape index (κ2) is 8.84. The lowest BCUT2D eigenvalue weighted by molar-refractivity contribution is 0.206. The van der Waals surface area contributed by atoms with Crippen LogP contribution in [0.3, 0.4) is 0 Å². The number of sulfonamides is 1. The van der Waals surface area contributed by atoms with Gasteiger partial charge in [-0.15, -0.1) is 15.6 Å². The summed E-state index contributed by atoms with van der Waals surface area (Å²) in [7, 11) is -4.85. The van der Waals surface area contributed by atoms with Gasteiger partial charge in [-0.25, -0.2) is 27.0 Å². The second-order valence-electron chi connectivity index (χ2n) is 5.71. The van der Waals surface area contributed by atoms with Crippen LogP contribution in [0, 0.1) is 11.6 Å². The van der Waals surface area contributed by atoms with Gasteiger partial charge in [0.15, 0.2) is 5.82 Å². The van der Waals surface area contributed by atoms with Gasteiger partial charge in [0.25, 0.3) is 10.0 Å². The van der Waals surface area contributed by atoms with Gasteiger partial charge in [-0.05, 0) is 24.3 Å². The van der Waals surface area contributed by atoms with E-state index in [0.29, 0.717) is 4.47 Å². The van der Waals surface area contributed by atoms with Crippen molar-refractivity contribution in [1.82, 2.24) is 4.98 Å². The smallest absolute Gasteiger partial charge is 0.427 e. The van der Waals surface area contributed by atoms with Gasteiger partial charge in [0.2, 0.25) is 0 Å². The number of amides is 1. The van der Waals surface area contributed by atoms with E-state index in [0.717, 1.165) is 23.5 Å². The highest BCUT2D eigenvalue weighted by Gasteiger charge is 2.35. The van der Waals surface area contributed by atoms with Crippen molar-refractivity contribution in [3.63, 3.8) is 0 Å². The topological polar surface area (TPSA) is 99.6 Å². The summed E-state index contributed by atoms with van der Waals surface area (Å²) in [6.45, 7) is -0.0708. The highest BCUT2D eigenvalue weighted by Crippen LogP contribution is 2.32. The molecule has 2 N–H and O–H groups in total. The summed E-state index contributed by atoms with van der Waals surface area (Å²) in [4.78, 5) is 14.2. The molecule has 0 bridgehead atoms. The van der Waals surface area contributed by atoms with Crippen LogP contribution in [0.4, 0.5) is 25.1 Å². The van der Waals surface area contributed by atoms with Crippen LogP contribution in [0.2, 0.25) is 5.02 Å². The summed E-state index contributed by atoms with van der Waals surface area (Å²) in [5, 5.41) is 13.0. The number of anilines is 2. The molecule has 1 amide bonds. The summed E-state index contributed by atoms with van der Waals surface area (Å²) in [6, 6.07) is 5.96. The first-order valence-corrected chi connectivity index (χ1v) is 11.5. The molecule has 0 saturated carbocycles. The van der Waals surface area contributed by atoms with E-state index in [2.05, 4.69) is 26.2 Å². The Morgan fingerprint density at radius 3 is 2.63 bits per heavy atom. The molecule has 0 fully saturated rings. The van der Waals surface area contributed by atoms with Crippen LogP contribution in [0.5, 0.6) is 0 Å². The van der Waals surface area contributed by atoms with E-state index in [4.69, 9.17) is 11.6 Å². The number of carboxylic acid groups (broad SMARTS) is 1. The Bertz CT molecular complexity index is 1190. The van der Waals surface area contributed by atoms with Crippen molar-refractivity contribution in [2.45, 2.75) is 11.4 Å². The number of rotatable bonds is 6. The minimum Gasteiger partial charge on any atom is -0.464 e. The number of carbonyl (C=O) groups is 1. The largest absolute Gasteiger partial charge is 0.464 e. The molecular weight excluding hydrogens is 528 g/mol. The van der Waals surface area contributed by atoms with Crippen molar-refractivity contribution in [2.24, 2.45) is 0 Å². The van der Waals surface area contributed by atoms with Crippen LogP contribution in [0.1, 0.15) is 5.56 Å². The fraction of sp³-hybridized carbons (Fsp3) is 0.0588. The Kier molecular flexibility index (Phi) is 6.60. The fourth-order valence-corrected chi connectivity index (χ4v) is 5.16. The van der Waals surface area contributed by atoms with Crippen LogP contribution >= 0.6 is 38.9 Å². The highest BCUT2D eigenvalue weighted by molar-refractivity contribution is 9.10. The molecule has 1 aromatic heterocycles. The lowest BCUT2D eigenvalue weighted by atomic mass is 10.2. The van der Waals surface area contributed by atoms with Gasteiger partial charge in [-0.3, -0.25) is 0 Å². The first-order valence-electron chi connectivity index (χ1n) is 7.95. The number of hydrogen-bond donors (Lipinski definition) is 2. The van der Waals surface area contributed by atoms with E-state index < -0.39 is 38.5 Å². The normalized spacial score (nSPS) is 11.3. The molecule has 0 aliphatic rings. The molecule has 0 aliphatic carbocycles. The van der Waals surface area contributed by atoms with Gasteiger partial charge in [0.05, 0.1) is 16.2 Å². The third-order valence-electron chi connectivity index (χ3n) is 3.86. The van der Waals surface area contributed by atoms with Crippen LogP contribution in [-0.4, -0.2) is 24.6 Å². The van der Waals surface area contributed by atoms with Crippen molar-refractivity contribution < 1.29 is 27.1 Å². The summed E-state index contributed by atoms with van der Waals surface area (Å²) < 4.78 is 54.6. The van der Waals surface area contributed by atoms with Crippen LogP contribution in [0.15, 0.2) is 50.6 Å². The summed E-state index contributed by atoms with van der Waals surface area (Å²) >= 11 is 10.3. The van der Waals surface area contributed by atoms with E-state index in [-0.39, 0.29) is 27.1 Å². The molecule has 3 rings (SSSR count). The molecule has 2 aromatic carbocycles. The van der Waals surface area contributed by atoms with E-state index in [1.54, 1.807) is 6.07 Å². The maximum atomic E-state index is 14.7. The second-order valence-corrected chi connectivity index (χ2v) is 9.45. The molecule has 7 nitrogen and oxygen atoms in total. The lowest BCUT2D eigenvalue weighted by Gasteiger charge is -2.18. The first-order chi connectivity index (χ1) is 14.1. The fourth-order valence-electron chi connectivity index (χ4n) is 2.48. The lowest BCUT2D eigenvalue weighted by Crippen LogP contribution is -2.36. The van der Waals surface area contributed by atoms with Crippen molar-refractivity contribution in [3.8, 4) is 0 Å². The van der Waals surface area contributed by atoms with Gasteiger partial charge >= 0.3 is 6.09 Å². The molecule has 13 heteroatoms. The number of nitrogens with one attached hydrogen (secondary N) is 1. The summed E-state index contributed by atoms with van der Waals surface area (Å²) in [5.74, 6) is -2.14. The Labute approximate surface area is 187 Å². The van der Waals surface area contributed by atoms with E-state index in [1.807, 2.05) is 0 Å². The molecule has 158 valence electrons. The van der Waals surface area contributed by atoms with Crippen molar-refractivity contribution in [2.75, 3.05) is 9.62 Å². The molecule has 0 unspecified atom stereocenters. The van der Waals surface area contributed by atoms with Crippen molar-refractivity contribution >= 4 is 66.5 Å². The molecule has 0 radical (unpaired) electrons. The Morgan fingerprint density at radius 1 is 1.30 bits per heavy atom. The van der Waals surface area contributed by atoms with E-state index in [9.17, 15) is 27.1 Å². The Hall–Kier alpha value is -2.28. The van der Waals surface area contributed by atoms with Gasteiger partial charge in [0, 0.05) is 22.0 Å². The van der Waals surface area contributed by atoms with Gasteiger partial charge in [0.1, 0.15) is 16.5 Å². The number of aromatic nitrogens is 1. The standard InChI is InChI=1S/C17H11BrClF2N3O4S2/c18-10-2-1-3-12(20)9(10)6-22-14-5-13(21)15(4-11(14)19)30(27,28)24(17(25)26)16-7-29-8-23-16/h1-5,7-8,22H,6H2,(H,25,26). The SMILES string of the molecule is O=C(O)N(c1cscn1)S(=O)(=O)c1cc(Cl)c(NCc2c(F)cccc2Br)cc1F. The van der Waals surface area contributed by atoms with Gasteiger partial charge in [-0.1, -0.05) is 33.6 Å². The predicted octanol–water partition coefficient (Wildman–Crippen LogP) is 5.32. The van der Waals surface area contributed by atoms with Crippen molar-refractivity contribution in [1.29, 1.82) is 0 Å². The Morgan fingerprint density at radius 2 is 2.03 bits per heavy atom.